The molecular weight excluding hydrogens is 382 g/mol. The lowest BCUT2D eigenvalue weighted by atomic mass is 10.1. The Hall–Kier alpha value is -3.85. The number of fused-ring (bicyclic) bond motifs is 1. The van der Waals surface area contributed by atoms with Gasteiger partial charge in [-0.05, 0) is 35.7 Å². The molecule has 0 saturated heterocycles. The molecule has 3 heterocycles. The molecule has 1 N–H and O–H groups in total. The van der Waals surface area contributed by atoms with Crippen LogP contribution in [-0.4, -0.2) is 33.7 Å². The number of hydroxylamine groups is 2. The third kappa shape index (κ3) is 3.03. The van der Waals surface area contributed by atoms with Crippen molar-refractivity contribution in [3.8, 4) is 0 Å². The maximum Gasteiger partial charge on any atom is 0.375 e. The van der Waals surface area contributed by atoms with Gasteiger partial charge in [-0.2, -0.15) is 0 Å². The molecule has 0 spiro atoms. The Morgan fingerprint density at radius 1 is 0.964 bits per heavy atom. The van der Waals surface area contributed by atoms with Crippen LogP contribution >= 0.6 is 11.3 Å². The van der Waals surface area contributed by atoms with Gasteiger partial charge in [-0.25, -0.2) is 4.79 Å². The molecule has 28 heavy (non-hydrogen) atoms. The van der Waals surface area contributed by atoms with Gasteiger partial charge in [0.05, 0.1) is 16.8 Å². The molecule has 0 radical (unpaired) electrons. The fraction of sp³-hybridized carbons (Fsp3) is 0. The molecular formula is C19H11N3O5S. The summed E-state index contributed by atoms with van der Waals surface area (Å²) in [4.78, 5) is 58.4. The highest BCUT2D eigenvalue weighted by molar-refractivity contribution is 7.12. The molecule has 3 aromatic rings. The standard InChI is InChI=1S/C19H11N3O5S/c23-16(11-5-8-20-9-6-11)21-14-7-10-28-15(14)19(26)27-22-17(24)12-3-1-2-4-13(12)18(22)25/h1-10H,(H,21,23). The van der Waals surface area contributed by atoms with E-state index < -0.39 is 23.7 Å². The normalized spacial score (nSPS) is 12.6. The summed E-state index contributed by atoms with van der Waals surface area (Å²) in [5.74, 6) is -2.79. The number of rotatable bonds is 4. The van der Waals surface area contributed by atoms with Crippen LogP contribution in [0, 0.1) is 0 Å². The van der Waals surface area contributed by atoms with Crippen LogP contribution in [0.1, 0.15) is 40.7 Å². The van der Waals surface area contributed by atoms with E-state index in [9.17, 15) is 19.2 Å². The van der Waals surface area contributed by atoms with Crippen molar-refractivity contribution in [3.05, 3.63) is 81.8 Å². The number of hydrogen-bond donors (Lipinski definition) is 1. The number of thiophene rings is 1. The van der Waals surface area contributed by atoms with Gasteiger partial charge in [0, 0.05) is 18.0 Å². The predicted molar refractivity (Wildman–Crippen MR) is 98.9 cm³/mol. The van der Waals surface area contributed by atoms with Gasteiger partial charge in [0.1, 0.15) is 4.88 Å². The number of imide groups is 1. The first-order valence-electron chi connectivity index (χ1n) is 8.05. The van der Waals surface area contributed by atoms with Gasteiger partial charge in [-0.3, -0.25) is 19.4 Å². The summed E-state index contributed by atoms with van der Waals surface area (Å²) in [5.41, 5.74) is 0.907. The molecule has 2 aromatic heterocycles. The second kappa shape index (κ2) is 7.05. The fourth-order valence-electron chi connectivity index (χ4n) is 2.64. The van der Waals surface area contributed by atoms with Crippen LogP contribution < -0.4 is 5.32 Å². The zero-order chi connectivity index (χ0) is 19.7. The molecule has 4 rings (SSSR count). The van der Waals surface area contributed by atoms with Crippen molar-refractivity contribution < 1.29 is 24.0 Å². The van der Waals surface area contributed by atoms with Crippen LogP contribution in [-0.2, 0) is 4.84 Å². The van der Waals surface area contributed by atoms with Crippen molar-refractivity contribution in [2.45, 2.75) is 0 Å². The van der Waals surface area contributed by atoms with Crippen LogP contribution in [0.15, 0.2) is 60.2 Å². The SMILES string of the molecule is O=C(Nc1ccsc1C(=O)ON1C(=O)c2ccccc2C1=O)c1ccncc1. The minimum atomic E-state index is -0.922. The van der Waals surface area contributed by atoms with E-state index in [2.05, 4.69) is 10.3 Å². The monoisotopic (exact) mass is 393 g/mol. The average molecular weight is 393 g/mol. The van der Waals surface area contributed by atoms with Gasteiger partial charge in [0.15, 0.2) is 0 Å². The Labute approximate surface area is 162 Å². The number of benzene rings is 1. The van der Waals surface area contributed by atoms with Gasteiger partial charge in [-0.15, -0.1) is 11.3 Å². The molecule has 3 amide bonds. The summed E-state index contributed by atoms with van der Waals surface area (Å²) in [7, 11) is 0. The number of carbonyl (C=O) groups is 4. The zero-order valence-corrected chi connectivity index (χ0v) is 14.9. The summed E-state index contributed by atoms with van der Waals surface area (Å²) >= 11 is 1.01. The van der Waals surface area contributed by atoms with E-state index in [0.717, 1.165) is 11.3 Å². The third-order valence-corrected chi connectivity index (χ3v) is 4.87. The lowest BCUT2D eigenvalue weighted by molar-refractivity contribution is -0.0580. The molecule has 9 heteroatoms. The lowest BCUT2D eigenvalue weighted by Crippen LogP contribution is -2.32. The summed E-state index contributed by atoms with van der Waals surface area (Å²) in [6.07, 6.45) is 2.94. The quantitative estimate of drug-likeness (QED) is 0.683. The van der Waals surface area contributed by atoms with E-state index in [0.29, 0.717) is 10.6 Å². The topological polar surface area (TPSA) is 106 Å². The van der Waals surface area contributed by atoms with E-state index in [4.69, 9.17) is 4.84 Å². The molecule has 0 saturated carbocycles. The van der Waals surface area contributed by atoms with Crippen molar-refractivity contribution in [1.29, 1.82) is 0 Å². The molecule has 1 aromatic carbocycles. The number of pyridine rings is 1. The van der Waals surface area contributed by atoms with Crippen LogP contribution in [0.5, 0.6) is 0 Å². The number of hydrogen-bond acceptors (Lipinski definition) is 7. The Morgan fingerprint density at radius 3 is 2.25 bits per heavy atom. The Bertz CT molecular complexity index is 1070. The van der Waals surface area contributed by atoms with E-state index in [1.807, 2.05) is 0 Å². The first-order valence-corrected chi connectivity index (χ1v) is 8.93. The molecule has 0 bridgehead atoms. The van der Waals surface area contributed by atoms with E-state index >= 15 is 0 Å². The smallest absolute Gasteiger partial charge is 0.323 e. The lowest BCUT2D eigenvalue weighted by Gasteiger charge is -2.13. The van der Waals surface area contributed by atoms with Crippen molar-refractivity contribution in [3.63, 3.8) is 0 Å². The summed E-state index contributed by atoms with van der Waals surface area (Å²) in [6.45, 7) is 0. The zero-order valence-electron chi connectivity index (χ0n) is 14.1. The second-order valence-corrected chi connectivity index (χ2v) is 6.60. The number of amides is 3. The third-order valence-electron chi connectivity index (χ3n) is 3.97. The first kappa shape index (κ1) is 17.6. The van der Waals surface area contributed by atoms with Crippen molar-refractivity contribution in [2.24, 2.45) is 0 Å². The Kier molecular flexibility index (Phi) is 4.42. The van der Waals surface area contributed by atoms with Crippen molar-refractivity contribution in [1.82, 2.24) is 10.0 Å². The first-order chi connectivity index (χ1) is 13.6. The van der Waals surface area contributed by atoms with E-state index in [1.54, 1.807) is 17.5 Å². The van der Waals surface area contributed by atoms with E-state index in [-0.39, 0.29) is 21.7 Å². The van der Waals surface area contributed by atoms with Crippen LogP contribution in [0.3, 0.4) is 0 Å². The van der Waals surface area contributed by atoms with Gasteiger partial charge >= 0.3 is 5.97 Å². The van der Waals surface area contributed by atoms with Gasteiger partial charge in [-0.1, -0.05) is 17.2 Å². The number of anilines is 1. The van der Waals surface area contributed by atoms with Crippen LogP contribution in [0.2, 0.25) is 0 Å². The predicted octanol–water partition coefficient (Wildman–Crippen LogP) is 2.76. The Morgan fingerprint density at radius 2 is 1.61 bits per heavy atom. The molecule has 0 aliphatic carbocycles. The number of carbonyl (C=O) groups excluding carboxylic acids is 4. The van der Waals surface area contributed by atoms with Gasteiger partial charge in [0.2, 0.25) is 0 Å². The van der Waals surface area contributed by atoms with E-state index in [1.165, 1.54) is 42.7 Å². The minimum Gasteiger partial charge on any atom is -0.323 e. The average Bonchev–Trinajstić information content (AvgIpc) is 3.28. The van der Waals surface area contributed by atoms with Crippen molar-refractivity contribution >= 4 is 40.7 Å². The maximum atomic E-state index is 12.5. The molecule has 0 fully saturated rings. The number of aromatic nitrogens is 1. The molecule has 8 nitrogen and oxygen atoms in total. The molecule has 1 aliphatic heterocycles. The summed E-state index contributed by atoms with van der Waals surface area (Å²) in [5, 5.41) is 4.62. The minimum absolute atomic E-state index is 0.0546. The highest BCUT2D eigenvalue weighted by Crippen LogP contribution is 2.27. The second-order valence-electron chi connectivity index (χ2n) is 5.68. The number of nitrogens with zero attached hydrogens (tertiary/aromatic N) is 2. The van der Waals surface area contributed by atoms with Crippen LogP contribution in [0.25, 0.3) is 0 Å². The molecule has 0 atom stereocenters. The highest BCUT2D eigenvalue weighted by atomic mass is 32.1. The summed E-state index contributed by atoms with van der Waals surface area (Å²) < 4.78 is 0. The van der Waals surface area contributed by atoms with Gasteiger partial charge in [0.25, 0.3) is 17.7 Å². The fourth-order valence-corrected chi connectivity index (χ4v) is 3.36. The Balaban J connectivity index is 1.52. The highest BCUT2D eigenvalue weighted by Gasteiger charge is 2.39. The van der Waals surface area contributed by atoms with Gasteiger partial charge < -0.3 is 10.2 Å². The molecule has 0 unspecified atom stereocenters. The molecule has 138 valence electrons. The number of nitrogens with one attached hydrogen (secondary N) is 1. The molecule has 1 aliphatic rings. The largest absolute Gasteiger partial charge is 0.375 e. The van der Waals surface area contributed by atoms with Crippen LogP contribution in [0.4, 0.5) is 5.69 Å². The maximum absolute atomic E-state index is 12.5. The van der Waals surface area contributed by atoms with Crippen molar-refractivity contribution in [2.75, 3.05) is 5.32 Å². The summed E-state index contributed by atoms with van der Waals surface area (Å²) in [6, 6.07) is 10.8.